The predicted molar refractivity (Wildman–Crippen MR) is 99.3 cm³/mol. The van der Waals surface area contributed by atoms with Crippen LogP contribution in [0.25, 0.3) is 0 Å². The molecule has 3 rings (SSSR count). The van der Waals surface area contributed by atoms with Gasteiger partial charge in [-0.15, -0.1) is 0 Å². The van der Waals surface area contributed by atoms with Gasteiger partial charge in [0.25, 0.3) is 0 Å². The third-order valence-corrected chi connectivity index (χ3v) is 5.48. The van der Waals surface area contributed by atoms with Crippen molar-refractivity contribution in [1.29, 1.82) is 0 Å². The molecule has 0 saturated carbocycles. The number of hydrogen-bond acceptors (Lipinski definition) is 5. The van der Waals surface area contributed by atoms with Crippen molar-refractivity contribution in [2.75, 3.05) is 37.6 Å². The maximum atomic E-state index is 4.63. The standard InChI is InChI=1S/C19H33N5/c1-4-18-15-22(10-11-24(18)16(2)3)14-17-12-20-19(21-13-17)23-8-6-5-7-9-23/h12-13,16,18H,4-11,14-15H2,1-3H3/t18-/m0/s1. The number of hydrogen-bond donors (Lipinski definition) is 0. The van der Waals surface area contributed by atoms with Crippen molar-refractivity contribution in [1.82, 2.24) is 19.8 Å². The molecule has 2 saturated heterocycles. The fourth-order valence-electron chi connectivity index (χ4n) is 4.07. The number of nitrogens with zero attached hydrogens (tertiary/aromatic N) is 5. The van der Waals surface area contributed by atoms with Crippen molar-refractivity contribution >= 4 is 5.95 Å². The smallest absolute Gasteiger partial charge is 0.225 e. The Morgan fingerprint density at radius 1 is 1.04 bits per heavy atom. The second-order valence-electron chi connectivity index (χ2n) is 7.57. The molecule has 0 bridgehead atoms. The minimum Gasteiger partial charge on any atom is -0.341 e. The van der Waals surface area contributed by atoms with E-state index in [-0.39, 0.29) is 0 Å². The molecular weight excluding hydrogens is 298 g/mol. The summed E-state index contributed by atoms with van der Waals surface area (Å²) >= 11 is 0. The average molecular weight is 332 g/mol. The summed E-state index contributed by atoms with van der Waals surface area (Å²) in [5.41, 5.74) is 1.24. The van der Waals surface area contributed by atoms with Crippen LogP contribution in [0.5, 0.6) is 0 Å². The van der Waals surface area contributed by atoms with Crippen LogP contribution >= 0.6 is 0 Å². The molecular formula is C19H33N5. The molecule has 24 heavy (non-hydrogen) atoms. The first kappa shape index (κ1) is 17.6. The number of rotatable bonds is 5. The Bertz CT molecular complexity index is 495. The lowest BCUT2D eigenvalue weighted by Gasteiger charge is -2.43. The summed E-state index contributed by atoms with van der Waals surface area (Å²) in [6.07, 6.45) is 9.17. The molecule has 1 aromatic heterocycles. The van der Waals surface area contributed by atoms with Gasteiger partial charge in [-0.2, -0.15) is 0 Å². The lowest BCUT2D eigenvalue weighted by Crippen LogP contribution is -2.54. The van der Waals surface area contributed by atoms with Crippen molar-refractivity contribution in [3.05, 3.63) is 18.0 Å². The number of aromatic nitrogens is 2. The fraction of sp³-hybridized carbons (Fsp3) is 0.789. The van der Waals surface area contributed by atoms with Gasteiger partial charge in [-0.1, -0.05) is 6.92 Å². The number of anilines is 1. The van der Waals surface area contributed by atoms with Gasteiger partial charge in [0.05, 0.1) is 0 Å². The zero-order valence-corrected chi connectivity index (χ0v) is 15.6. The maximum absolute atomic E-state index is 4.63. The highest BCUT2D eigenvalue weighted by atomic mass is 15.3. The van der Waals surface area contributed by atoms with E-state index in [1.807, 2.05) is 12.4 Å². The van der Waals surface area contributed by atoms with E-state index in [1.165, 1.54) is 37.8 Å². The van der Waals surface area contributed by atoms with E-state index in [1.54, 1.807) is 0 Å². The quantitative estimate of drug-likeness (QED) is 0.829. The molecule has 0 amide bonds. The summed E-state index contributed by atoms with van der Waals surface area (Å²) in [5, 5.41) is 0. The van der Waals surface area contributed by atoms with Crippen molar-refractivity contribution in [3.8, 4) is 0 Å². The second kappa shape index (κ2) is 8.26. The molecule has 2 aliphatic rings. The van der Waals surface area contributed by atoms with Crippen molar-refractivity contribution in [3.63, 3.8) is 0 Å². The normalized spacial score (nSPS) is 23.8. The molecule has 0 aromatic carbocycles. The van der Waals surface area contributed by atoms with E-state index in [4.69, 9.17) is 0 Å². The molecule has 1 aromatic rings. The van der Waals surface area contributed by atoms with E-state index in [9.17, 15) is 0 Å². The topological polar surface area (TPSA) is 35.5 Å². The molecule has 0 N–H and O–H groups in total. The molecule has 5 heteroatoms. The Hall–Kier alpha value is -1.20. The lowest BCUT2D eigenvalue weighted by molar-refractivity contribution is 0.0456. The first-order chi connectivity index (χ1) is 11.7. The van der Waals surface area contributed by atoms with Crippen LogP contribution in [0.3, 0.4) is 0 Å². The van der Waals surface area contributed by atoms with Crippen LogP contribution in [0, 0.1) is 0 Å². The zero-order chi connectivity index (χ0) is 16.9. The molecule has 3 heterocycles. The van der Waals surface area contributed by atoms with Crippen molar-refractivity contribution in [2.24, 2.45) is 0 Å². The molecule has 134 valence electrons. The fourth-order valence-corrected chi connectivity index (χ4v) is 4.07. The van der Waals surface area contributed by atoms with Gasteiger partial charge in [0.15, 0.2) is 0 Å². The van der Waals surface area contributed by atoms with Gasteiger partial charge in [-0.3, -0.25) is 9.80 Å². The van der Waals surface area contributed by atoms with Crippen LogP contribution in [0.4, 0.5) is 5.95 Å². The molecule has 2 aliphatic heterocycles. The van der Waals surface area contributed by atoms with Crippen LogP contribution < -0.4 is 4.90 Å². The maximum Gasteiger partial charge on any atom is 0.225 e. The van der Waals surface area contributed by atoms with Crippen LogP contribution in [0.15, 0.2) is 12.4 Å². The Kier molecular flexibility index (Phi) is 6.06. The molecule has 0 unspecified atom stereocenters. The molecule has 0 spiro atoms. The molecule has 0 radical (unpaired) electrons. The van der Waals surface area contributed by atoms with Gasteiger partial charge < -0.3 is 4.90 Å². The largest absolute Gasteiger partial charge is 0.341 e. The second-order valence-corrected chi connectivity index (χ2v) is 7.57. The van der Waals surface area contributed by atoms with Gasteiger partial charge in [-0.25, -0.2) is 9.97 Å². The highest BCUT2D eigenvalue weighted by Crippen LogP contribution is 2.19. The summed E-state index contributed by atoms with van der Waals surface area (Å²) in [7, 11) is 0. The van der Waals surface area contributed by atoms with Crippen LogP contribution in [0.1, 0.15) is 52.0 Å². The summed E-state index contributed by atoms with van der Waals surface area (Å²) in [6.45, 7) is 13.6. The van der Waals surface area contributed by atoms with Crippen molar-refractivity contribution < 1.29 is 0 Å². The van der Waals surface area contributed by atoms with Crippen LogP contribution in [0.2, 0.25) is 0 Å². The minimum atomic E-state index is 0.643. The third kappa shape index (κ3) is 4.25. The van der Waals surface area contributed by atoms with Crippen LogP contribution in [-0.2, 0) is 6.54 Å². The first-order valence-electron chi connectivity index (χ1n) is 9.71. The molecule has 2 fully saturated rings. The van der Waals surface area contributed by atoms with Gasteiger partial charge in [0.2, 0.25) is 5.95 Å². The van der Waals surface area contributed by atoms with E-state index < -0.39 is 0 Å². The summed E-state index contributed by atoms with van der Waals surface area (Å²) in [6, 6.07) is 1.32. The summed E-state index contributed by atoms with van der Waals surface area (Å²) in [4.78, 5) is 16.8. The number of piperidine rings is 1. The highest BCUT2D eigenvalue weighted by molar-refractivity contribution is 5.30. The first-order valence-corrected chi connectivity index (χ1v) is 9.71. The van der Waals surface area contributed by atoms with Gasteiger partial charge >= 0.3 is 0 Å². The predicted octanol–water partition coefficient (Wildman–Crippen LogP) is 2.77. The van der Waals surface area contributed by atoms with Gasteiger partial charge in [-0.05, 0) is 39.5 Å². The minimum absolute atomic E-state index is 0.643. The summed E-state index contributed by atoms with van der Waals surface area (Å²) < 4.78 is 0. The van der Waals surface area contributed by atoms with E-state index >= 15 is 0 Å². The highest BCUT2D eigenvalue weighted by Gasteiger charge is 2.27. The van der Waals surface area contributed by atoms with Gasteiger partial charge in [0.1, 0.15) is 0 Å². The third-order valence-electron chi connectivity index (χ3n) is 5.48. The Labute approximate surface area is 147 Å². The average Bonchev–Trinajstić information content (AvgIpc) is 2.63. The summed E-state index contributed by atoms with van der Waals surface area (Å²) in [5.74, 6) is 0.912. The monoisotopic (exact) mass is 331 g/mol. The molecule has 0 aliphatic carbocycles. The Morgan fingerprint density at radius 2 is 1.75 bits per heavy atom. The molecule has 5 nitrogen and oxygen atoms in total. The van der Waals surface area contributed by atoms with E-state index in [2.05, 4.69) is 45.4 Å². The van der Waals surface area contributed by atoms with Crippen molar-refractivity contribution in [2.45, 2.75) is 65.1 Å². The van der Waals surface area contributed by atoms with Crippen LogP contribution in [-0.4, -0.2) is 64.6 Å². The molecule has 1 atom stereocenters. The number of piperazine rings is 1. The zero-order valence-electron chi connectivity index (χ0n) is 15.6. The Balaban J connectivity index is 1.56. The van der Waals surface area contributed by atoms with E-state index in [0.29, 0.717) is 12.1 Å². The lowest BCUT2D eigenvalue weighted by atomic mass is 10.1. The van der Waals surface area contributed by atoms with E-state index in [0.717, 1.165) is 38.7 Å². The Morgan fingerprint density at radius 3 is 2.38 bits per heavy atom. The SMILES string of the molecule is CC[C@H]1CN(Cc2cnc(N3CCCCC3)nc2)CCN1C(C)C. The van der Waals surface area contributed by atoms with Gasteiger partial charge in [0, 0.05) is 69.3 Å².